The highest BCUT2D eigenvalue weighted by Crippen LogP contribution is 2.75. The Balaban J connectivity index is 1.21. The fourth-order valence-electron chi connectivity index (χ4n) is 12.0. The van der Waals surface area contributed by atoms with Gasteiger partial charge in [-0.15, -0.1) is 0 Å². The van der Waals surface area contributed by atoms with E-state index in [9.17, 15) is 14.4 Å². The molecule has 0 bridgehead atoms. The number of hydrogen-bond acceptors (Lipinski definition) is 6. The van der Waals surface area contributed by atoms with Gasteiger partial charge >= 0.3 is 5.97 Å². The maximum absolute atomic E-state index is 14.7. The summed E-state index contributed by atoms with van der Waals surface area (Å²) in [4.78, 5) is 45.6. The van der Waals surface area contributed by atoms with Crippen molar-refractivity contribution in [3.8, 4) is 0 Å². The Kier molecular flexibility index (Phi) is 7.63. The lowest BCUT2D eigenvalue weighted by Gasteiger charge is -2.70. The normalized spacial score (nSPS) is 42.3. The van der Waals surface area contributed by atoms with Gasteiger partial charge in [-0.2, -0.15) is 0 Å². The Bertz CT molecular complexity index is 1720. The van der Waals surface area contributed by atoms with Crippen LogP contribution in [-0.2, 0) is 19.1 Å². The van der Waals surface area contributed by atoms with Gasteiger partial charge in [0.1, 0.15) is 6.10 Å². The molecule has 1 N–H and O–H groups in total. The quantitative estimate of drug-likeness (QED) is 0.319. The molecule has 8 heteroatoms. The Morgan fingerprint density at radius 2 is 1.70 bits per heavy atom. The van der Waals surface area contributed by atoms with E-state index in [1.165, 1.54) is 23.8 Å². The predicted molar refractivity (Wildman–Crippen MR) is 191 cm³/mol. The van der Waals surface area contributed by atoms with E-state index < -0.39 is 5.41 Å². The highest BCUT2D eigenvalue weighted by Gasteiger charge is 2.70. The molecule has 7 rings (SSSR count). The number of anilines is 1. The Morgan fingerprint density at radius 3 is 2.43 bits per heavy atom. The minimum atomic E-state index is -0.550. The number of carbonyl (C=O) groups excluding carboxylic acids is 3. The average Bonchev–Trinajstić information content (AvgIpc) is 3.37. The third-order valence-corrected chi connectivity index (χ3v) is 16.4. The number of aromatic nitrogens is 1. The number of nitrogens with one attached hydrogen (secondary N) is 1. The first-order valence-electron chi connectivity index (χ1n) is 17.7. The molecule has 1 aromatic heterocycles. The third kappa shape index (κ3) is 4.80. The van der Waals surface area contributed by atoms with Crippen molar-refractivity contribution in [2.45, 2.75) is 119 Å². The second kappa shape index (κ2) is 10.7. The predicted octanol–water partition coefficient (Wildman–Crippen LogP) is 9.91. The first-order valence-corrected chi connectivity index (χ1v) is 19.3. The topological polar surface area (TPSA) is 85.4 Å². The van der Waals surface area contributed by atoms with Crippen LogP contribution < -0.4 is 5.32 Å². The van der Waals surface area contributed by atoms with Crippen molar-refractivity contribution in [3.05, 3.63) is 34.3 Å². The number of ether oxygens (including phenoxy) is 1. The lowest BCUT2D eigenvalue weighted by atomic mass is 9.33. The van der Waals surface area contributed by atoms with Gasteiger partial charge in [0, 0.05) is 28.1 Å². The van der Waals surface area contributed by atoms with Crippen molar-refractivity contribution in [3.63, 3.8) is 0 Å². The molecule has 254 valence electrons. The van der Waals surface area contributed by atoms with Gasteiger partial charge in [0.25, 0.3) is 0 Å². The molecule has 1 heterocycles. The minimum absolute atomic E-state index is 0.0385. The molecule has 6 nitrogen and oxygen atoms in total. The third-order valence-electron chi connectivity index (χ3n) is 14.9. The number of esters is 1. The second-order valence-electron chi connectivity index (χ2n) is 17.8. The van der Waals surface area contributed by atoms with E-state index in [4.69, 9.17) is 9.72 Å². The van der Waals surface area contributed by atoms with Crippen LogP contribution in [0.25, 0.3) is 10.2 Å². The van der Waals surface area contributed by atoms with E-state index in [0.717, 1.165) is 72.5 Å². The Labute approximate surface area is 292 Å². The molecule has 0 unspecified atom stereocenters. The first-order chi connectivity index (χ1) is 21.9. The van der Waals surface area contributed by atoms with E-state index in [2.05, 4.69) is 75.8 Å². The van der Waals surface area contributed by atoms with Crippen molar-refractivity contribution in [2.75, 3.05) is 5.32 Å². The monoisotopic (exact) mass is 722 g/mol. The molecule has 2 aromatic rings. The van der Waals surface area contributed by atoms with Crippen LogP contribution in [0.15, 0.2) is 34.3 Å². The summed E-state index contributed by atoms with van der Waals surface area (Å²) in [6, 6.07) is 5.99. The minimum Gasteiger partial charge on any atom is -0.462 e. The van der Waals surface area contributed by atoms with Crippen LogP contribution >= 0.6 is 27.3 Å². The summed E-state index contributed by atoms with van der Waals surface area (Å²) < 4.78 is 7.93. The number of benzene rings is 1. The Hall–Kier alpha value is -2.06. The van der Waals surface area contributed by atoms with Crippen LogP contribution in [0.4, 0.5) is 5.13 Å². The number of nitrogens with zero attached hydrogens (tertiary/aromatic N) is 1. The highest BCUT2D eigenvalue weighted by atomic mass is 79.9. The van der Waals surface area contributed by atoms with Crippen LogP contribution in [-0.4, -0.2) is 28.7 Å². The van der Waals surface area contributed by atoms with Crippen molar-refractivity contribution in [1.29, 1.82) is 0 Å². The van der Waals surface area contributed by atoms with Gasteiger partial charge in [-0.05, 0) is 116 Å². The molecular formula is C39H51BrN2O4S. The van der Waals surface area contributed by atoms with Crippen molar-refractivity contribution < 1.29 is 19.1 Å². The van der Waals surface area contributed by atoms with Crippen molar-refractivity contribution in [2.24, 2.45) is 50.2 Å². The van der Waals surface area contributed by atoms with Crippen LogP contribution in [0.1, 0.15) is 113 Å². The lowest BCUT2D eigenvalue weighted by molar-refractivity contribution is -0.210. The number of fused-ring (bicyclic) bond motifs is 8. The lowest BCUT2D eigenvalue weighted by Crippen LogP contribution is -2.66. The van der Waals surface area contributed by atoms with E-state index in [0.29, 0.717) is 11.0 Å². The van der Waals surface area contributed by atoms with Gasteiger partial charge in [0.2, 0.25) is 5.91 Å². The summed E-state index contributed by atoms with van der Waals surface area (Å²) in [7, 11) is 0. The number of amides is 1. The molecular weight excluding hydrogens is 672 g/mol. The van der Waals surface area contributed by atoms with Crippen LogP contribution in [0.3, 0.4) is 0 Å². The molecule has 1 amide bonds. The molecule has 47 heavy (non-hydrogen) atoms. The first kappa shape index (κ1) is 33.4. The molecule has 4 fully saturated rings. The number of allylic oxidation sites excluding steroid dienone is 2. The molecule has 5 aliphatic rings. The SMILES string of the molecule is CC(=O)O[C@H]1CC[C@]2(C)[C@H]3C(=O)C=C4[C@@H]5C[C@@](C)(C(=O)Nc6nc7ccc(Br)cc7s6)CC[C@]5(C)CC[C@@]4(C)[C@]3(C)CC[C@H]2C1(C)C. The zero-order valence-electron chi connectivity index (χ0n) is 29.3. The number of halogens is 1. The number of carbonyl (C=O) groups is 3. The van der Waals surface area contributed by atoms with Crippen LogP contribution in [0.2, 0.25) is 0 Å². The molecule has 1 aromatic carbocycles. The molecule has 9 atom stereocenters. The number of ketones is 1. The van der Waals surface area contributed by atoms with Gasteiger partial charge in [0.15, 0.2) is 10.9 Å². The van der Waals surface area contributed by atoms with E-state index >= 15 is 0 Å². The zero-order chi connectivity index (χ0) is 33.9. The van der Waals surface area contributed by atoms with Crippen LogP contribution in [0, 0.1) is 50.2 Å². The van der Waals surface area contributed by atoms with Crippen molar-refractivity contribution in [1.82, 2.24) is 4.98 Å². The number of hydrogen-bond donors (Lipinski definition) is 1. The fraction of sp³-hybridized carbons (Fsp3) is 0.692. The Morgan fingerprint density at radius 1 is 0.979 bits per heavy atom. The zero-order valence-corrected chi connectivity index (χ0v) is 31.8. The molecule has 0 aliphatic heterocycles. The van der Waals surface area contributed by atoms with Gasteiger partial charge in [-0.3, -0.25) is 14.4 Å². The summed E-state index contributed by atoms with van der Waals surface area (Å²) in [5.74, 6) is 0.523. The fourth-order valence-corrected chi connectivity index (χ4v) is 13.4. The largest absolute Gasteiger partial charge is 0.462 e. The average molecular weight is 724 g/mol. The molecule has 4 saturated carbocycles. The van der Waals surface area contributed by atoms with Gasteiger partial charge in [0.05, 0.1) is 10.2 Å². The second-order valence-corrected chi connectivity index (χ2v) is 19.7. The van der Waals surface area contributed by atoms with Gasteiger partial charge in [-0.1, -0.05) is 81.3 Å². The smallest absolute Gasteiger partial charge is 0.302 e. The van der Waals surface area contributed by atoms with E-state index in [1.807, 2.05) is 18.2 Å². The number of thiazole rings is 1. The molecule has 0 radical (unpaired) electrons. The summed E-state index contributed by atoms with van der Waals surface area (Å²) in [5.41, 5.74) is 1.07. The van der Waals surface area contributed by atoms with Crippen molar-refractivity contribution >= 4 is 60.3 Å². The standard InChI is InChI=1S/C39H51BrN2O4S/c1-22(43)46-30-12-13-37(6)29(34(30,2)3)11-14-39(8)31(37)27(44)20-24-25-21-36(5,16-15-35(25,4)17-18-38(24,39)7)32(45)42-33-41-26-10-9-23(40)19-28(26)47-33/h9-10,19-20,25,29-31H,11-18,21H2,1-8H3,(H,41,42,45)/t25-,29-,30-,31+,35+,36-,37-,38+,39+/m0/s1. The summed E-state index contributed by atoms with van der Waals surface area (Å²) in [6.45, 7) is 17.8. The molecule has 5 aliphatic carbocycles. The van der Waals surface area contributed by atoms with Gasteiger partial charge in [-0.25, -0.2) is 4.98 Å². The molecule has 0 saturated heterocycles. The number of rotatable bonds is 3. The summed E-state index contributed by atoms with van der Waals surface area (Å²) in [6.07, 6.45) is 10.4. The summed E-state index contributed by atoms with van der Waals surface area (Å²) in [5, 5.41) is 3.85. The summed E-state index contributed by atoms with van der Waals surface area (Å²) >= 11 is 5.05. The maximum atomic E-state index is 14.7. The maximum Gasteiger partial charge on any atom is 0.302 e. The van der Waals surface area contributed by atoms with Crippen LogP contribution in [0.5, 0.6) is 0 Å². The van der Waals surface area contributed by atoms with Gasteiger partial charge < -0.3 is 10.1 Å². The van der Waals surface area contributed by atoms with E-state index in [-0.39, 0.29) is 62.7 Å². The van der Waals surface area contributed by atoms with E-state index in [1.54, 1.807) is 0 Å². The molecule has 0 spiro atoms. The highest BCUT2D eigenvalue weighted by molar-refractivity contribution is 9.10.